The number of carbonyl (C=O) groups is 3. The second kappa shape index (κ2) is 12.1. The number of hydrogen-bond acceptors (Lipinski definition) is 7. The number of nitrogens with zero attached hydrogens (tertiary/aromatic N) is 1. The van der Waals surface area contributed by atoms with Crippen LogP contribution in [-0.2, 0) is 34.8 Å². The fourth-order valence-corrected chi connectivity index (χ4v) is 4.20. The molecule has 0 aromatic heterocycles. The van der Waals surface area contributed by atoms with Gasteiger partial charge in [-0.2, -0.15) is 0 Å². The van der Waals surface area contributed by atoms with Crippen LogP contribution >= 0.6 is 0 Å². The molecule has 10 nitrogen and oxygen atoms in total. The smallest absolute Gasteiger partial charge is 0.436 e. The molecule has 0 radical (unpaired) electrons. The fourth-order valence-electron chi connectivity index (χ4n) is 4.20. The summed E-state index contributed by atoms with van der Waals surface area (Å²) in [5, 5.41) is 2.92. The number of rotatable bonds is 10. The Hall–Kier alpha value is -2.63. The molecule has 0 saturated carbocycles. The van der Waals surface area contributed by atoms with Crippen LogP contribution in [0.15, 0.2) is 30.3 Å². The second-order valence-corrected chi connectivity index (χ2v) is 10.2. The summed E-state index contributed by atoms with van der Waals surface area (Å²) in [6, 6.07) is 10.0. The van der Waals surface area contributed by atoms with E-state index in [4.69, 9.17) is 24.5 Å². The molecule has 2 fully saturated rings. The number of nitrogens with two attached hydrogens (primary N) is 1. The molecule has 0 unspecified atom stereocenters. The Morgan fingerprint density at radius 3 is 2.28 bits per heavy atom. The minimum absolute atomic E-state index is 0.309. The van der Waals surface area contributed by atoms with Crippen LogP contribution in [0.25, 0.3) is 0 Å². The molecular weight excluding hydrogens is 465 g/mol. The Bertz CT molecular complexity index is 890. The van der Waals surface area contributed by atoms with E-state index in [0.29, 0.717) is 32.7 Å². The molecule has 3 rings (SSSR count). The van der Waals surface area contributed by atoms with Gasteiger partial charge in [0.15, 0.2) is 6.10 Å². The second-order valence-electron chi connectivity index (χ2n) is 10.2. The number of aryl methyl sites for hydroxylation is 1. The third-order valence-electron chi connectivity index (χ3n) is 7.03. The average molecular weight is 503 g/mol. The van der Waals surface area contributed by atoms with Crippen molar-refractivity contribution in [2.45, 2.75) is 76.6 Å². The van der Waals surface area contributed by atoms with E-state index in [9.17, 15) is 14.4 Å². The number of nitrogens with one attached hydrogen (secondary N) is 1. The van der Waals surface area contributed by atoms with Gasteiger partial charge in [-0.25, -0.2) is 4.79 Å². The monoisotopic (exact) mass is 503 g/mol. The molecule has 0 bridgehead atoms. The first-order chi connectivity index (χ1) is 17.0. The Kier molecular flexibility index (Phi) is 9.38. The summed E-state index contributed by atoms with van der Waals surface area (Å²) < 4.78 is 22.7. The van der Waals surface area contributed by atoms with Gasteiger partial charge in [-0.3, -0.25) is 9.59 Å². The van der Waals surface area contributed by atoms with Crippen LogP contribution in [0.5, 0.6) is 0 Å². The number of benzene rings is 1. The summed E-state index contributed by atoms with van der Waals surface area (Å²) in [4.78, 5) is 39.1. The fraction of sp³-hybridized carbons (Fsp3) is 0.640. The van der Waals surface area contributed by atoms with Crippen molar-refractivity contribution in [2.75, 3.05) is 26.3 Å². The van der Waals surface area contributed by atoms with Gasteiger partial charge in [-0.1, -0.05) is 30.3 Å². The summed E-state index contributed by atoms with van der Waals surface area (Å²) in [6.07, 6.45) is -0.679. The molecule has 3 N–H and O–H groups in total. The molecule has 11 heteroatoms. The summed E-state index contributed by atoms with van der Waals surface area (Å²) in [5.74, 6) is -1.45. The maximum absolute atomic E-state index is 13.3. The normalized spacial score (nSPS) is 20.4. The molecule has 1 aromatic carbocycles. The zero-order valence-corrected chi connectivity index (χ0v) is 21.7. The molecule has 1 aromatic rings. The number of morpholine rings is 1. The van der Waals surface area contributed by atoms with Crippen molar-refractivity contribution in [1.82, 2.24) is 10.2 Å². The first-order valence-electron chi connectivity index (χ1n) is 12.5. The average Bonchev–Trinajstić information content (AvgIpc) is 3.05. The summed E-state index contributed by atoms with van der Waals surface area (Å²) in [5.41, 5.74) is 5.23. The lowest BCUT2D eigenvalue weighted by atomic mass is 9.75. The van der Waals surface area contributed by atoms with E-state index in [0.717, 1.165) is 12.8 Å². The van der Waals surface area contributed by atoms with Gasteiger partial charge in [-0.05, 0) is 52.5 Å². The predicted octanol–water partition coefficient (Wildman–Crippen LogP) is 1.84. The lowest BCUT2D eigenvalue weighted by molar-refractivity contribution is -0.142. The third kappa shape index (κ3) is 7.44. The van der Waals surface area contributed by atoms with E-state index in [-0.39, 0.29) is 12.3 Å². The largest absolute Gasteiger partial charge is 0.481 e. The summed E-state index contributed by atoms with van der Waals surface area (Å²) >= 11 is 0. The van der Waals surface area contributed by atoms with Crippen LogP contribution in [0.1, 0.15) is 52.5 Å². The van der Waals surface area contributed by atoms with Crippen LogP contribution in [0.4, 0.5) is 4.79 Å². The highest BCUT2D eigenvalue weighted by molar-refractivity contribution is 6.48. The van der Waals surface area contributed by atoms with Crippen molar-refractivity contribution in [1.29, 1.82) is 0 Å². The minimum Gasteiger partial charge on any atom is -0.436 e. The van der Waals surface area contributed by atoms with E-state index >= 15 is 0 Å². The Labute approximate surface area is 213 Å². The van der Waals surface area contributed by atoms with Gasteiger partial charge in [0.2, 0.25) is 5.91 Å². The van der Waals surface area contributed by atoms with Gasteiger partial charge in [0.05, 0.1) is 36.8 Å². The van der Waals surface area contributed by atoms with E-state index in [2.05, 4.69) is 17.4 Å². The Morgan fingerprint density at radius 2 is 1.69 bits per heavy atom. The number of amides is 3. The van der Waals surface area contributed by atoms with E-state index in [1.165, 1.54) is 5.56 Å². The SMILES string of the molecule is CC1(C)OB([C@H](CCCc2ccccc2)NC(=O)[C@@H](CC(=O)N2CCOCC2)OC(N)=O)OC1(C)C. The molecule has 2 saturated heterocycles. The van der Waals surface area contributed by atoms with Crippen molar-refractivity contribution >= 4 is 25.0 Å². The molecule has 2 aliphatic rings. The van der Waals surface area contributed by atoms with Crippen molar-refractivity contribution < 1.29 is 33.2 Å². The summed E-state index contributed by atoms with van der Waals surface area (Å²) in [6.45, 7) is 9.44. The van der Waals surface area contributed by atoms with Crippen LogP contribution in [-0.4, -0.2) is 79.5 Å². The van der Waals surface area contributed by atoms with Gasteiger partial charge in [0.1, 0.15) is 0 Å². The quantitative estimate of drug-likeness (QED) is 0.466. The zero-order valence-electron chi connectivity index (χ0n) is 21.7. The van der Waals surface area contributed by atoms with Gasteiger partial charge in [0, 0.05) is 13.1 Å². The van der Waals surface area contributed by atoms with E-state index in [1.807, 2.05) is 45.9 Å². The molecular formula is C25H38BN3O7. The van der Waals surface area contributed by atoms with Gasteiger partial charge >= 0.3 is 13.2 Å². The number of ether oxygens (including phenoxy) is 2. The molecule has 0 aliphatic carbocycles. The molecule has 198 valence electrons. The predicted molar refractivity (Wildman–Crippen MR) is 134 cm³/mol. The van der Waals surface area contributed by atoms with Crippen LogP contribution < -0.4 is 11.1 Å². The molecule has 2 atom stereocenters. The number of hydrogen-bond donors (Lipinski definition) is 2. The maximum atomic E-state index is 13.3. The van der Waals surface area contributed by atoms with E-state index < -0.39 is 42.4 Å². The van der Waals surface area contributed by atoms with Gasteiger partial charge in [-0.15, -0.1) is 0 Å². The van der Waals surface area contributed by atoms with E-state index in [1.54, 1.807) is 4.90 Å². The van der Waals surface area contributed by atoms with Crippen molar-refractivity contribution in [2.24, 2.45) is 5.73 Å². The minimum atomic E-state index is -1.36. The molecule has 36 heavy (non-hydrogen) atoms. The molecule has 2 aliphatic heterocycles. The lowest BCUT2D eigenvalue weighted by Crippen LogP contribution is -2.53. The first kappa shape index (κ1) is 28.0. The third-order valence-corrected chi connectivity index (χ3v) is 7.03. The Balaban J connectivity index is 1.70. The lowest BCUT2D eigenvalue weighted by Gasteiger charge is -2.32. The van der Waals surface area contributed by atoms with Crippen LogP contribution in [0, 0.1) is 0 Å². The topological polar surface area (TPSA) is 129 Å². The van der Waals surface area contributed by atoms with Gasteiger partial charge < -0.3 is 34.7 Å². The standard InChI is InChI=1S/C25H38BN3O7/c1-24(2)25(3,4)36-26(35-24)20(12-8-11-18-9-6-5-7-10-18)28-22(31)19(34-23(27)32)17-21(30)29-13-15-33-16-14-29/h5-7,9-10,19-20H,8,11-17H2,1-4H3,(H2,27,32)(H,28,31)/t19-,20+/m1/s1. The Morgan fingerprint density at radius 1 is 1.08 bits per heavy atom. The summed E-state index contributed by atoms with van der Waals surface area (Å²) in [7, 11) is -0.709. The molecule has 2 heterocycles. The molecule has 0 spiro atoms. The van der Waals surface area contributed by atoms with Crippen molar-refractivity contribution in [3.05, 3.63) is 35.9 Å². The van der Waals surface area contributed by atoms with Crippen LogP contribution in [0.2, 0.25) is 0 Å². The number of carbonyl (C=O) groups excluding carboxylic acids is 3. The van der Waals surface area contributed by atoms with Crippen LogP contribution in [0.3, 0.4) is 0 Å². The highest BCUT2D eigenvalue weighted by Crippen LogP contribution is 2.38. The highest BCUT2D eigenvalue weighted by Gasteiger charge is 2.54. The van der Waals surface area contributed by atoms with Crippen molar-refractivity contribution in [3.63, 3.8) is 0 Å². The molecule has 3 amide bonds. The maximum Gasteiger partial charge on any atom is 0.481 e. The highest BCUT2D eigenvalue weighted by atomic mass is 16.7. The zero-order chi connectivity index (χ0) is 26.3. The number of primary amides is 1. The first-order valence-corrected chi connectivity index (χ1v) is 12.5. The van der Waals surface area contributed by atoms with Crippen molar-refractivity contribution in [3.8, 4) is 0 Å². The van der Waals surface area contributed by atoms with Gasteiger partial charge in [0.25, 0.3) is 5.91 Å².